The van der Waals surface area contributed by atoms with Gasteiger partial charge in [-0.15, -0.1) is 0 Å². The van der Waals surface area contributed by atoms with Crippen molar-refractivity contribution in [1.29, 1.82) is 0 Å². The van der Waals surface area contributed by atoms with E-state index in [-0.39, 0.29) is 10.9 Å². The zero-order valence-corrected chi connectivity index (χ0v) is 15.7. The Labute approximate surface area is 163 Å². The number of fused-ring (bicyclic) bond motifs is 1. The van der Waals surface area contributed by atoms with Gasteiger partial charge in [0.15, 0.2) is 0 Å². The largest absolute Gasteiger partial charge is 0.340 e. The molecule has 5 nitrogen and oxygen atoms in total. The smallest absolute Gasteiger partial charge is 0.221 e. The number of nitrogens with zero attached hydrogens (tertiary/aromatic N) is 3. The first-order valence-corrected chi connectivity index (χ1v) is 9.96. The van der Waals surface area contributed by atoms with Crippen LogP contribution >= 0.6 is 11.6 Å². The summed E-state index contributed by atoms with van der Waals surface area (Å²) in [7, 11) is -1.42. The summed E-state index contributed by atoms with van der Waals surface area (Å²) >= 11 is 6.15. The van der Waals surface area contributed by atoms with Gasteiger partial charge in [-0.1, -0.05) is 35.9 Å². The van der Waals surface area contributed by atoms with Gasteiger partial charge in [-0.2, -0.15) is 0 Å². The third-order valence-electron chi connectivity index (χ3n) is 3.88. The van der Waals surface area contributed by atoms with Crippen molar-refractivity contribution in [1.82, 2.24) is 15.0 Å². The second kappa shape index (κ2) is 7.82. The maximum Gasteiger partial charge on any atom is 0.221 e. The molecule has 7 heteroatoms. The van der Waals surface area contributed by atoms with Crippen LogP contribution in [0.1, 0.15) is 5.69 Å². The molecule has 2 aromatic heterocycles. The summed E-state index contributed by atoms with van der Waals surface area (Å²) < 4.78 is 12.8. The molecule has 1 N–H and O–H groups in total. The molecule has 0 saturated heterocycles. The number of rotatable bonds is 5. The Hall–Kier alpha value is -2.83. The van der Waals surface area contributed by atoms with Crippen LogP contribution in [0.4, 0.5) is 11.5 Å². The molecule has 0 bridgehead atoms. The molecule has 2 aromatic carbocycles. The molecule has 1 atom stereocenters. The predicted octanol–water partition coefficient (Wildman–Crippen LogP) is 4.73. The lowest BCUT2D eigenvalue weighted by Crippen LogP contribution is -2.06. The van der Waals surface area contributed by atoms with Crippen molar-refractivity contribution < 1.29 is 4.21 Å². The summed E-state index contributed by atoms with van der Waals surface area (Å²) in [5, 5.41) is 4.89. The van der Waals surface area contributed by atoms with E-state index in [1.807, 2.05) is 48.5 Å². The number of hydrogen-bond acceptors (Lipinski definition) is 5. The van der Waals surface area contributed by atoms with E-state index < -0.39 is 10.8 Å². The Morgan fingerprint density at radius 3 is 2.56 bits per heavy atom. The van der Waals surface area contributed by atoms with Gasteiger partial charge in [-0.25, -0.2) is 9.97 Å². The zero-order valence-electron chi connectivity index (χ0n) is 14.2. The van der Waals surface area contributed by atoms with Gasteiger partial charge in [-0.05, 0) is 42.5 Å². The molecule has 0 aliphatic rings. The predicted molar refractivity (Wildman–Crippen MR) is 109 cm³/mol. The number of nitrogens with one attached hydrogen (secondary N) is 1. The van der Waals surface area contributed by atoms with Crippen LogP contribution in [0, 0.1) is 0 Å². The van der Waals surface area contributed by atoms with Crippen LogP contribution in [0.15, 0.2) is 78.1 Å². The van der Waals surface area contributed by atoms with Gasteiger partial charge in [0.05, 0.1) is 27.8 Å². The second-order valence-corrected chi connectivity index (χ2v) is 7.60. The Morgan fingerprint density at radius 2 is 1.78 bits per heavy atom. The average Bonchev–Trinajstić information content (AvgIpc) is 2.70. The summed E-state index contributed by atoms with van der Waals surface area (Å²) in [6.07, 6.45) is 1.68. The van der Waals surface area contributed by atoms with Gasteiger partial charge in [-0.3, -0.25) is 9.19 Å². The number of anilines is 2. The van der Waals surface area contributed by atoms with Crippen molar-refractivity contribution in [2.24, 2.45) is 0 Å². The first-order chi connectivity index (χ1) is 13.2. The molecule has 2 heterocycles. The number of aromatic nitrogens is 3. The van der Waals surface area contributed by atoms with Crippen molar-refractivity contribution in [2.45, 2.75) is 10.9 Å². The van der Waals surface area contributed by atoms with Crippen molar-refractivity contribution in [3.8, 4) is 0 Å². The minimum Gasteiger partial charge on any atom is -0.340 e. The Kier molecular flexibility index (Phi) is 5.09. The van der Waals surface area contributed by atoms with Gasteiger partial charge in [0.25, 0.3) is 0 Å². The van der Waals surface area contributed by atoms with Gasteiger partial charge in [0.2, 0.25) is 5.16 Å². The van der Waals surface area contributed by atoms with Crippen molar-refractivity contribution in [2.75, 3.05) is 5.32 Å². The van der Waals surface area contributed by atoms with Crippen LogP contribution in [-0.4, -0.2) is 19.2 Å². The van der Waals surface area contributed by atoms with Crippen molar-refractivity contribution >= 4 is 44.8 Å². The Balaban J connectivity index is 1.75. The van der Waals surface area contributed by atoms with E-state index in [1.54, 1.807) is 24.4 Å². The molecule has 0 saturated carbocycles. The summed E-state index contributed by atoms with van der Waals surface area (Å²) in [4.78, 5) is 13.2. The summed E-state index contributed by atoms with van der Waals surface area (Å²) in [5.74, 6) is 0.822. The molecule has 4 aromatic rings. The molecule has 1 unspecified atom stereocenters. The number of pyridine rings is 1. The standard InChI is InChI=1S/C20H15ClN4OS/c21-14-9-10-18-17(12-14)19(23-15-6-2-1-3-7-15)25-20(24-18)27(26)13-16-8-4-5-11-22-16/h1-12H,13H2,(H,23,24,25). The fraction of sp³-hybridized carbons (Fsp3) is 0.0500. The minimum atomic E-state index is -1.42. The summed E-state index contributed by atoms with van der Waals surface area (Å²) in [6.45, 7) is 0. The van der Waals surface area contributed by atoms with E-state index in [9.17, 15) is 4.21 Å². The number of benzene rings is 2. The molecule has 0 aliphatic heterocycles. The van der Waals surface area contributed by atoms with Crippen LogP contribution in [0.25, 0.3) is 10.9 Å². The van der Waals surface area contributed by atoms with E-state index in [0.717, 1.165) is 16.8 Å². The lowest BCUT2D eigenvalue weighted by molar-refractivity contribution is 0.675. The molecule has 4 rings (SSSR count). The number of halogens is 1. The van der Waals surface area contributed by atoms with E-state index in [0.29, 0.717) is 16.4 Å². The van der Waals surface area contributed by atoms with Crippen LogP contribution in [0.2, 0.25) is 5.02 Å². The normalized spacial score (nSPS) is 12.0. The van der Waals surface area contributed by atoms with Gasteiger partial charge < -0.3 is 5.32 Å². The molecular weight excluding hydrogens is 380 g/mol. The van der Waals surface area contributed by atoms with Gasteiger partial charge >= 0.3 is 0 Å². The quantitative estimate of drug-likeness (QED) is 0.495. The number of para-hydroxylation sites is 1. The molecule has 0 fully saturated rings. The zero-order chi connectivity index (χ0) is 18.6. The van der Waals surface area contributed by atoms with Crippen LogP contribution < -0.4 is 5.32 Å². The fourth-order valence-electron chi connectivity index (χ4n) is 2.62. The van der Waals surface area contributed by atoms with Crippen molar-refractivity contribution in [3.63, 3.8) is 0 Å². The lowest BCUT2D eigenvalue weighted by Gasteiger charge is -2.11. The van der Waals surface area contributed by atoms with Gasteiger partial charge in [0, 0.05) is 22.3 Å². The fourth-order valence-corrected chi connectivity index (χ4v) is 3.75. The first-order valence-electron chi connectivity index (χ1n) is 8.27. The second-order valence-electron chi connectivity index (χ2n) is 5.82. The van der Waals surface area contributed by atoms with Crippen LogP contribution in [-0.2, 0) is 16.6 Å². The highest BCUT2D eigenvalue weighted by Crippen LogP contribution is 2.27. The van der Waals surface area contributed by atoms with E-state index in [1.165, 1.54) is 0 Å². The van der Waals surface area contributed by atoms with E-state index in [2.05, 4.69) is 20.3 Å². The first kappa shape index (κ1) is 17.6. The van der Waals surface area contributed by atoms with Crippen LogP contribution in [0.5, 0.6) is 0 Å². The molecule has 0 aliphatic carbocycles. The highest BCUT2D eigenvalue weighted by Gasteiger charge is 2.14. The van der Waals surface area contributed by atoms with E-state index >= 15 is 0 Å². The third kappa shape index (κ3) is 4.13. The highest BCUT2D eigenvalue weighted by molar-refractivity contribution is 7.84. The number of hydrogen-bond donors (Lipinski definition) is 1. The molecular formula is C20H15ClN4OS. The van der Waals surface area contributed by atoms with Gasteiger partial charge in [0.1, 0.15) is 5.82 Å². The molecule has 0 amide bonds. The summed E-state index contributed by atoms with van der Waals surface area (Å²) in [6, 6.07) is 20.5. The maximum atomic E-state index is 12.8. The summed E-state index contributed by atoms with van der Waals surface area (Å²) in [5.41, 5.74) is 2.28. The van der Waals surface area contributed by atoms with Crippen molar-refractivity contribution in [3.05, 3.63) is 83.6 Å². The molecule has 27 heavy (non-hydrogen) atoms. The topological polar surface area (TPSA) is 67.8 Å². The van der Waals surface area contributed by atoms with E-state index in [4.69, 9.17) is 11.6 Å². The van der Waals surface area contributed by atoms with Crippen LogP contribution in [0.3, 0.4) is 0 Å². The third-order valence-corrected chi connectivity index (χ3v) is 5.27. The molecule has 134 valence electrons. The SMILES string of the molecule is O=S(Cc1ccccn1)c1nc(Nc2ccccc2)c2cc(Cl)ccc2n1. The average molecular weight is 395 g/mol. The minimum absolute atomic E-state index is 0.255. The molecule has 0 spiro atoms. The molecule has 0 radical (unpaired) electrons. The Morgan fingerprint density at radius 1 is 0.963 bits per heavy atom. The lowest BCUT2D eigenvalue weighted by atomic mass is 10.2. The monoisotopic (exact) mass is 394 g/mol. The highest BCUT2D eigenvalue weighted by atomic mass is 35.5. The Bertz CT molecular complexity index is 1110. The maximum absolute atomic E-state index is 12.8.